The summed E-state index contributed by atoms with van der Waals surface area (Å²) in [6.07, 6.45) is -3.98. The Balaban J connectivity index is 1.61. The summed E-state index contributed by atoms with van der Waals surface area (Å²) in [4.78, 5) is 23.3. The van der Waals surface area contributed by atoms with E-state index in [4.69, 9.17) is 0 Å². The molecule has 9 heteroatoms. The van der Waals surface area contributed by atoms with Crippen LogP contribution in [-0.4, -0.2) is 22.2 Å². The number of aromatic nitrogens is 2. The molecule has 1 aromatic heterocycles. The number of rotatable bonds is 3. The first-order chi connectivity index (χ1) is 12.2. The molecule has 0 N–H and O–H groups in total. The van der Waals surface area contributed by atoms with Gasteiger partial charge in [-0.2, -0.15) is 0 Å². The molecule has 5 nitrogen and oxygen atoms in total. The number of aryl methyl sites for hydroxylation is 1. The van der Waals surface area contributed by atoms with Gasteiger partial charge in [-0.05, 0) is 47.0 Å². The van der Waals surface area contributed by atoms with Crippen molar-refractivity contribution in [3.8, 4) is 5.75 Å². The normalized spacial score (nSPS) is 21.3. The average molecular weight is 428 g/mol. The van der Waals surface area contributed by atoms with Crippen LogP contribution in [0.4, 0.5) is 19.0 Å². The second-order valence-electron chi connectivity index (χ2n) is 6.37. The molecule has 0 radical (unpaired) electrons. The molecule has 136 valence electrons. The topological polar surface area (TPSA) is 55.3 Å². The average Bonchev–Trinajstić information content (AvgIpc) is 3.35. The molecule has 4 rings (SSSR count). The predicted molar refractivity (Wildman–Crippen MR) is 89.6 cm³/mol. The lowest BCUT2D eigenvalue weighted by Crippen LogP contribution is -2.36. The first kappa shape index (κ1) is 17.3. The molecule has 26 heavy (non-hydrogen) atoms. The maximum absolute atomic E-state index is 12.7. The van der Waals surface area contributed by atoms with Gasteiger partial charge in [0.15, 0.2) is 5.82 Å². The molecule has 2 atom stereocenters. The Hall–Kier alpha value is -2.16. The molecular weight excluding hydrogens is 415 g/mol. The summed E-state index contributed by atoms with van der Waals surface area (Å²) < 4.78 is 41.3. The number of carbonyl (C=O) groups excluding carboxylic acids is 1. The van der Waals surface area contributed by atoms with Gasteiger partial charge >= 0.3 is 6.36 Å². The molecule has 2 aliphatic rings. The van der Waals surface area contributed by atoms with Crippen molar-refractivity contribution in [3.05, 3.63) is 45.8 Å². The van der Waals surface area contributed by atoms with E-state index in [1.54, 1.807) is 11.8 Å². The minimum atomic E-state index is -4.73. The number of benzene rings is 1. The Morgan fingerprint density at radius 3 is 2.58 bits per heavy atom. The highest BCUT2D eigenvalue weighted by Gasteiger charge is 2.53. The third-order valence-electron chi connectivity index (χ3n) is 4.50. The van der Waals surface area contributed by atoms with Crippen molar-refractivity contribution < 1.29 is 22.7 Å². The Kier molecular flexibility index (Phi) is 3.94. The van der Waals surface area contributed by atoms with Gasteiger partial charge in [-0.25, -0.2) is 9.97 Å². The Morgan fingerprint density at radius 2 is 1.92 bits per heavy atom. The van der Waals surface area contributed by atoms with Crippen LogP contribution in [0.25, 0.3) is 0 Å². The van der Waals surface area contributed by atoms with Crippen molar-refractivity contribution in [2.24, 2.45) is 5.92 Å². The van der Waals surface area contributed by atoms with E-state index >= 15 is 0 Å². The molecule has 2 aromatic rings. The number of fused-ring (bicyclic) bond motifs is 3. The van der Waals surface area contributed by atoms with E-state index in [1.807, 2.05) is 0 Å². The number of hydrogen-bond donors (Lipinski definition) is 0. The standard InChI is InChI=1S/C17H13BrF3N3O2/c1-8-14(18)23-13-11-6-12(11)16(25)24(15(13)22-8)7-9-2-4-10(5-3-9)26-17(19,20)21/h2-5,11-12H,6-7H2,1H3. The van der Waals surface area contributed by atoms with Crippen molar-refractivity contribution >= 4 is 27.7 Å². The highest BCUT2D eigenvalue weighted by Crippen LogP contribution is 2.54. The molecule has 2 unspecified atom stereocenters. The Labute approximate surface area is 155 Å². The lowest BCUT2D eigenvalue weighted by Gasteiger charge is -2.28. The summed E-state index contributed by atoms with van der Waals surface area (Å²) in [5, 5.41) is 0. The first-order valence-electron chi connectivity index (χ1n) is 7.93. The minimum Gasteiger partial charge on any atom is -0.406 e. The number of amides is 1. The summed E-state index contributed by atoms with van der Waals surface area (Å²) in [6, 6.07) is 5.48. The number of nitrogens with zero attached hydrogens (tertiary/aromatic N) is 3. The number of alkyl halides is 3. The van der Waals surface area contributed by atoms with Crippen LogP contribution in [0.2, 0.25) is 0 Å². The molecule has 1 amide bonds. The molecule has 0 saturated heterocycles. The van der Waals surface area contributed by atoms with Gasteiger partial charge in [-0.1, -0.05) is 12.1 Å². The lowest BCUT2D eigenvalue weighted by atomic mass is 10.1. The van der Waals surface area contributed by atoms with Crippen LogP contribution in [0.1, 0.15) is 29.3 Å². The fourth-order valence-corrected chi connectivity index (χ4v) is 3.43. The zero-order valence-electron chi connectivity index (χ0n) is 13.5. The zero-order chi connectivity index (χ0) is 18.6. The van der Waals surface area contributed by atoms with Gasteiger partial charge in [0.1, 0.15) is 10.4 Å². The van der Waals surface area contributed by atoms with Crippen LogP contribution >= 0.6 is 15.9 Å². The smallest absolute Gasteiger partial charge is 0.406 e. The van der Waals surface area contributed by atoms with Crippen LogP contribution in [0.5, 0.6) is 5.75 Å². The molecule has 1 aromatic carbocycles. The number of hydrogen-bond acceptors (Lipinski definition) is 4. The van der Waals surface area contributed by atoms with E-state index < -0.39 is 6.36 Å². The molecule has 1 aliphatic heterocycles. The largest absolute Gasteiger partial charge is 0.573 e. The van der Waals surface area contributed by atoms with Gasteiger partial charge in [0, 0.05) is 11.8 Å². The summed E-state index contributed by atoms with van der Waals surface area (Å²) >= 11 is 3.37. The third kappa shape index (κ3) is 3.15. The quantitative estimate of drug-likeness (QED) is 0.739. The second kappa shape index (κ2) is 5.94. The van der Waals surface area contributed by atoms with Crippen LogP contribution in [0.3, 0.4) is 0 Å². The van der Waals surface area contributed by atoms with Gasteiger partial charge in [0.2, 0.25) is 5.91 Å². The molecule has 1 aliphatic carbocycles. The highest BCUT2D eigenvalue weighted by atomic mass is 79.9. The minimum absolute atomic E-state index is 0.0193. The molecule has 1 saturated carbocycles. The summed E-state index contributed by atoms with van der Waals surface area (Å²) in [5.41, 5.74) is 2.15. The monoisotopic (exact) mass is 427 g/mol. The van der Waals surface area contributed by atoms with E-state index in [1.165, 1.54) is 24.3 Å². The van der Waals surface area contributed by atoms with Gasteiger partial charge in [-0.15, -0.1) is 13.2 Å². The molecular formula is C17H13BrF3N3O2. The van der Waals surface area contributed by atoms with Crippen molar-refractivity contribution in [2.75, 3.05) is 4.90 Å². The number of carbonyl (C=O) groups is 1. The van der Waals surface area contributed by atoms with Crippen molar-refractivity contribution in [1.29, 1.82) is 0 Å². The fraction of sp³-hybridized carbons (Fsp3) is 0.353. The lowest BCUT2D eigenvalue weighted by molar-refractivity contribution is -0.274. The SMILES string of the molecule is Cc1nc2c(nc1Br)C1CC1C(=O)N2Cc1ccc(OC(F)(F)F)cc1. The zero-order valence-corrected chi connectivity index (χ0v) is 15.1. The van der Waals surface area contributed by atoms with Crippen molar-refractivity contribution in [1.82, 2.24) is 9.97 Å². The molecule has 0 spiro atoms. The first-order valence-corrected chi connectivity index (χ1v) is 8.72. The van der Waals surface area contributed by atoms with Crippen LogP contribution < -0.4 is 9.64 Å². The van der Waals surface area contributed by atoms with Crippen LogP contribution in [0.15, 0.2) is 28.9 Å². The van der Waals surface area contributed by atoms with Gasteiger partial charge in [0.05, 0.1) is 17.9 Å². The Bertz CT molecular complexity index is 886. The van der Waals surface area contributed by atoms with Crippen LogP contribution in [0, 0.1) is 12.8 Å². The van der Waals surface area contributed by atoms with Crippen LogP contribution in [-0.2, 0) is 11.3 Å². The van der Waals surface area contributed by atoms with E-state index in [9.17, 15) is 18.0 Å². The van der Waals surface area contributed by atoms with E-state index in [0.717, 1.165) is 12.1 Å². The maximum Gasteiger partial charge on any atom is 0.573 e. The highest BCUT2D eigenvalue weighted by molar-refractivity contribution is 9.10. The molecule has 2 heterocycles. The summed E-state index contributed by atoms with van der Waals surface area (Å²) in [7, 11) is 0. The third-order valence-corrected chi connectivity index (χ3v) is 5.25. The van der Waals surface area contributed by atoms with E-state index in [2.05, 4.69) is 30.6 Å². The van der Waals surface area contributed by atoms with E-state index in [0.29, 0.717) is 21.7 Å². The number of ether oxygens (including phenoxy) is 1. The Morgan fingerprint density at radius 1 is 1.23 bits per heavy atom. The van der Waals surface area contributed by atoms with Crippen molar-refractivity contribution in [2.45, 2.75) is 32.2 Å². The van der Waals surface area contributed by atoms with Gasteiger partial charge in [-0.3, -0.25) is 9.69 Å². The predicted octanol–water partition coefficient (Wildman–Crippen LogP) is 4.10. The number of halogens is 4. The van der Waals surface area contributed by atoms with Crippen molar-refractivity contribution in [3.63, 3.8) is 0 Å². The van der Waals surface area contributed by atoms with Gasteiger partial charge < -0.3 is 4.74 Å². The number of anilines is 1. The van der Waals surface area contributed by atoms with E-state index in [-0.39, 0.29) is 30.0 Å². The molecule has 0 bridgehead atoms. The fourth-order valence-electron chi connectivity index (χ4n) is 3.15. The molecule has 1 fully saturated rings. The summed E-state index contributed by atoms with van der Waals surface area (Å²) in [6.45, 7) is 2.01. The van der Waals surface area contributed by atoms with Gasteiger partial charge in [0.25, 0.3) is 0 Å². The second-order valence-corrected chi connectivity index (χ2v) is 7.12. The summed E-state index contributed by atoms with van der Waals surface area (Å²) in [5.74, 6) is 0.243. The maximum atomic E-state index is 12.7.